The average Bonchev–Trinajstić information content (AvgIpc) is 2.80. The zero-order valence-corrected chi connectivity index (χ0v) is 17.0. The highest BCUT2D eigenvalue weighted by atomic mass is 19.1. The molecule has 2 nitrogen and oxygen atoms in total. The van der Waals surface area contributed by atoms with E-state index in [0.717, 1.165) is 50.1 Å². The Kier molecular flexibility index (Phi) is 5.26. The molecule has 0 bridgehead atoms. The molecule has 30 heavy (non-hydrogen) atoms. The molecule has 0 N–H and O–H groups in total. The Morgan fingerprint density at radius 2 is 1.37 bits per heavy atom. The number of nitrogens with zero attached hydrogens (tertiary/aromatic N) is 2. The Morgan fingerprint density at radius 1 is 0.667 bits per heavy atom. The number of fused-ring (bicyclic) bond motifs is 1. The minimum atomic E-state index is -0.219. The third kappa shape index (κ3) is 3.72. The lowest BCUT2D eigenvalue weighted by Crippen LogP contribution is -2.48. The first-order chi connectivity index (χ1) is 14.7. The van der Waals surface area contributed by atoms with Crippen molar-refractivity contribution < 1.29 is 8.78 Å². The Labute approximate surface area is 176 Å². The molecule has 0 spiro atoms. The standard InChI is InChI=1S/C26H26F2N2/c27-20-8-6-19(7-9-20)23-12-13-26(25-18-21(28)10-11-24(23)25)30-16-14-29(15-17-30)22-4-2-1-3-5-22/h1-11,18,23,26H,12-17H2. The van der Waals surface area contributed by atoms with Crippen molar-refractivity contribution in [1.82, 2.24) is 4.90 Å². The molecule has 1 fully saturated rings. The summed E-state index contributed by atoms with van der Waals surface area (Å²) in [5.74, 6) is -0.201. The second-order valence-corrected chi connectivity index (χ2v) is 8.33. The number of rotatable bonds is 3. The molecule has 1 aliphatic heterocycles. The predicted octanol–water partition coefficient (Wildman–Crippen LogP) is 5.75. The number of hydrogen-bond acceptors (Lipinski definition) is 2. The number of hydrogen-bond donors (Lipinski definition) is 0. The van der Waals surface area contributed by atoms with Crippen LogP contribution in [0.25, 0.3) is 0 Å². The van der Waals surface area contributed by atoms with Gasteiger partial charge in [-0.3, -0.25) is 4.90 Å². The van der Waals surface area contributed by atoms with Gasteiger partial charge < -0.3 is 4.90 Å². The molecule has 3 aromatic carbocycles. The topological polar surface area (TPSA) is 6.48 Å². The van der Waals surface area contributed by atoms with Gasteiger partial charge in [-0.15, -0.1) is 0 Å². The van der Waals surface area contributed by atoms with E-state index in [1.54, 1.807) is 12.1 Å². The summed E-state index contributed by atoms with van der Waals surface area (Å²) in [4.78, 5) is 4.94. The van der Waals surface area contributed by atoms with Crippen molar-refractivity contribution >= 4 is 5.69 Å². The van der Waals surface area contributed by atoms with Crippen molar-refractivity contribution in [2.75, 3.05) is 31.1 Å². The van der Waals surface area contributed by atoms with Gasteiger partial charge in [0.1, 0.15) is 11.6 Å². The maximum atomic E-state index is 14.2. The molecule has 2 atom stereocenters. The van der Waals surface area contributed by atoms with E-state index in [1.807, 2.05) is 24.3 Å². The van der Waals surface area contributed by atoms with Gasteiger partial charge in [0.2, 0.25) is 0 Å². The lowest BCUT2D eigenvalue weighted by Gasteiger charge is -2.43. The molecule has 2 unspecified atom stereocenters. The fourth-order valence-electron chi connectivity index (χ4n) is 5.14. The fraction of sp³-hybridized carbons (Fsp3) is 0.308. The van der Waals surface area contributed by atoms with Gasteiger partial charge in [-0.25, -0.2) is 8.78 Å². The Morgan fingerprint density at radius 3 is 2.10 bits per heavy atom. The van der Waals surface area contributed by atoms with Gasteiger partial charge in [0, 0.05) is 43.8 Å². The summed E-state index contributed by atoms with van der Waals surface area (Å²) in [6.07, 6.45) is 1.98. The van der Waals surface area contributed by atoms with Crippen LogP contribution in [0.2, 0.25) is 0 Å². The van der Waals surface area contributed by atoms with Gasteiger partial charge in [0.15, 0.2) is 0 Å². The van der Waals surface area contributed by atoms with E-state index in [9.17, 15) is 8.78 Å². The van der Waals surface area contributed by atoms with Gasteiger partial charge in [-0.05, 0) is 65.9 Å². The number of para-hydroxylation sites is 1. The zero-order chi connectivity index (χ0) is 20.5. The predicted molar refractivity (Wildman–Crippen MR) is 117 cm³/mol. The van der Waals surface area contributed by atoms with Crippen LogP contribution in [0.3, 0.4) is 0 Å². The molecule has 1 aliphatic carbocycles. The highest BCUT2D eigenvalue weighted by Crippen LogP contribution is 2.44. The van der Waals surface area contributed by atoms with E-state index >= 15 is 0 Å². The number of halogens is 2. The molecule has 5 rings (SSSR count). The van der Waals surface area contributed by atoms with Crippen LogP contribution in [-0.2, 0) is 0 Å². The maximum Gasteiger partial charge on any atom is 0.123 e. The van der Waals surface area contributed by atoms with Crippen LogP contribution < -0.4 is 4.90 Å². The van der Waals surface area contributed by atoms with Gasteiger partial charge in [-0.2, -0.15) is 0 Å². The highest BCUT2D eigenvalue weighted by molar-refractivity contribution is 5.47. The third-order valence-electron chi connectivity index (χ3n) is 6.66. The first-order valence-corrected chi connectivity index (χ1v) is 10.8. The first-order valence-electron chi connectivity index (χ1n) is 10.8. The lowest BCUT2D eigenvalue weighted by molar-refractivity contribution is 0.166. The third-order valence-corrected chi connectivity index (χ3v) is 6.66. The van der Waals surface area contributed by atoms with E-state index in [2.05, 4.69) is 34.1 Å². The van der Waals surface area contributed by atoms with E-state index in [-0.39, 0.29) is 23.6 Å². The van der Waals surface area contributed by atoms with Crippen LogP contribution in [0.15, 0.2) is 72.8 Å². The zero-order valence-electron chi connectivity index (χ0n) is 17.0. The van der Waals surface area contributed by atoms with Crippen molar-refractivity contribution in [2.45, 2.75) is 24.8 Å². The van der Waals surface area contributed by atoms with Crippen molar-refractivity contribution in [1.29, 1.82) is 0 Å². The van der Waals surface area contributed by atoms with Gasteiger partial charge in [0.05, 0.1) is 0 Å². The Balaban J connectivity index is 1.38. The summed E-state index contributed by atoms with van der Waals surface area (Å²) >= 11 is 0. The van der Waals surface area contributed by atoms with Crippen LogP contribution in [0, 0.1) is 11.6 Å². The Hall–Kier alpha value is -2.72. The summed E-state index contributed by atoms with van der Waals surface area (Å²) in [5.41, 5.74) is 4.66. The minimum Gasteiger partial charge on any atom is -0.369 e. The van der Waals surface area contributed by atoms with E-state index in [4.69, 9.17) is 0 Å². The number of benzene rings is 3. The molecule has 0 radical (unpaired) electrons. The minimum absolute atomic E-state index is 0.179. The molecule has 0 amide bonds. The molecular weight excluding hydrogens is 378 g/mol. The van der Waals surface area contributed by atoms with E-state index < -0.39 is 0 Å². The van der Waals surface area contributed by atoms with E-state index in [0.29, 0.717) is 0 Å². The molecule has 3 aromatic rings. The number of anilines is 1. The number of piperazine rings is 1. The molecule has 2 aliphatic rings. The molecule has 4 heteroatoms. The normalized spacial score (nSPS) is 22.0. The summed E-state index contributed by atoms with van der Waals surface area (Å²) in [5, 5.41) is 0. The van der Waals surface area contributed by atoms with Crippen LogP contribution in [0.1, 0.15) is 41.5 Å². The molecule has 1 saturated heterocycles. The highest BCUT2D eigenvalue weighted by Gasteiger charge is 2.33. The monoisotopic (exact) mass is 404 g/mol. The van der Waals surface area contributed by atoms with Crippen LogP contribution >= 0.6 is 0 Å². The van der Waals surface area contributed by atoms with Crippen molar-refractivity contribution in [3.8, 4) is 0 Å². The van der Waals surface area contributed by atoms with Crippen LogP contribution in [0.5, 0.6) is 0 Å². The Bertz CT molecular complexity index is 995. The van der Waals surface area contributed by atoms with Crippen molar-refractivity contribution in [3.05, 3.63) is 101 Å². The van der Waals surface area contributed by atoms with Gasteiger partial charge in [0.25, 0.3) is 0 Å². The second-order valence-electron chi connectivity index (χ2n) is 8.33. The quantitative estimate of drug-likeness (QED) is 0.548. The second kappa shape index (κ2) is 8.19. The maximum absolute atomic E-state index is 14.2. The summed E-state index contributed by atoms with van der Waals surface area (Å²) < 4.78 is 27.6. The molecular formula is C26H26F2N2. The molecule has 0 aromatic heterocycles. The molecule has 0 saturated carbocycles. The first kappa shape index (κ1) is 19.3. The van der Waals surface area contributed by atoms with Gasteiger partial charge >= 0.3 is 0 Å². The fourth-order valence-corrected chi connectivity index (χ4v) is 5.14. The summed E-state index contributed by atoms with van der Waals surface area (Å²) in [7, 11) is 0. The smallest absolute Gasteiger partial charge is 0.123 e. The summed E-state index contributed by atoms with van der Waals surface area (Å²) in [6.45, 7) is 3.90. The van der Waals surface area contributed by atoms with Crippen molar-refractivity contribution in [2.24, 2.45) is 0 Å². The van der Waals surface area contributed by atoms with Crippen molar-refractivity contribution in [3.63, 3.8) is 0 Å². The van der Waals surface area contributed by atoms with E-state index in [1.165, 1.54) is 23.4 Å². The van der Waals surface area contributed by atoms with Crippen LogP contribution in [-0.4, -0.2) is 31.1 Å². The molecule has 154 valence electrons. The van der Waals surface area contributed by atoms with Gasteiger partial charge in [-0.1, -0.05) is 36.4 Å². The lowest BCUT2D eigenvalue weighted by atomic mass is 9.76. The SMILES string of the molecule is Fc1ccc(C2CCC(N3CCN(c4ccccc4)CC3)c3cc(F)ccc32)cc1. The largest absolute Gasteiger partial charge is 0.369 e. The average molecular weight is 405 g/mol. The summed E-state index contributed by atoms with van der Waals surface area (Å²) in [6, 6.07) is 22.8. The molecule has 1 heterocycles. The van der Waals surface area contributed by atoms with Crippen LogP contribution in [0.4, 0.5) is 14.5 Å².